The molecule has 0 unspecified atom stereocenters. The first-order chi connectivity index (χ1) is 9.92. The van der Waals surface area contributed by atoms with Crippen molar-refractivity contribution >= 4 is 5.69 Å². The van der Waals surface area contributed by atoms with Crippen molar-refractivity contribution in [2.24, 2.45) is 0 Å². The standard InChI is InChI=1S/C17H16N2O/c1-2-6-14(7-3-1)10-15-8-4-5-9-17(15)19-12-16-11-18-13-20-16/h1-9,11,13,19H,10,12H2. The van der Waals surface area contributed by atoms with Crippen LogP contribution in [0.15, 0.2) is 71.6 Å². The summed E-state index contributed by atoms with van der Waals surface area (Å²) >= 11 is 0. The fourth-order valence-electron chi connectivity index (χ4n) is 2.17. The molecule has 0 aliphatic carbocycles. The molecule has 0 fully saturated rings. The first kappa shape index (κ1) is 12.5. The molecule has 20 heavy (non-hydrogen) atoms. The lowest BCUT2D eigenvalue weighted by Gasteiger charge is -2.11. The number of nitrogens with zero attached hydrogens (tertiary/aromatic N) is 1. The van der Waals surface area contributed by atoms with Gasteiger partial charge in [0.2, 0.25) is 0 Å². The van der Waals surface area contributed by atoms with Gasteiger partial charge in [0.25, 0.3) is 0 Å². The van der Waals surface area contributed by atoms with Gasteiger partial charge in [-0.3, -0.25) is 0 Å². The molecule has 0 amide bonds. The number of hydrogen-bond donors (Lipinski definition) is 1. The Kier molecular flexibility index (Phi) is 3.78. The van der Waals surface area contributed by atoms with Crippen LogP contribution in [0.3, 0.4) is 0 Å². The third-order valence-corrected chi connectivity index (χ3v) is 3.19. The minimum Gasteiger partial charge on any atom is -0.447 e. The van der Waals surface area contributed by atoms with Gasteiger partial charge in [0, 0.05) is 5.69 Å². The van der Waals surface area contributed by atoms with E-state index in [2.05, 4.69) is 52.8 Å². The predicted molar refractivity (Wildman–Crippen MR) is 79.5 cm³/mol. The third kappa shape index (κ3) is 3.06. The van der Waals surface area contributed by atoms with Crippen molar-refractivity contribution in [1.29, 1.82) is 0 Å². The van der Waals surface area contributed by atoms with E-state index in [1.165, 1.54) is 17.5 Å². The van der Waals surface area contributed by atoms with Crippen molar-refractivity contribution in [3.8, 4) is 0 Å². The molecule has 3 nitrogen and oxygen atoms in total. The lowest BCUT2D eigenvalue weighted by atomic mass is 10.0. The molecule has 0 aliphatic rings. The summed E-state index contributed by atoms with van der Waals surface area (Å²) in [5.74, 6) is 0.833. The molecule has 0 aliphatic heterocycles. The van der Waals surface area contributed by atoms with Crippen molar-refractivity contribution in [3.63, 3.8) is 0 Å². The number of para-hydroxylation sites is 1. The van der Waals surface area contributed by atoms with E-state index in [1.807, 2.05) is 12.1 Å². The number of nitrogens with one attached hydrogen (secondary N) is 1. The third-order valence-electron chi connectivity index (χ3n) is 3.19. The van der Waals surface area contributed by atoms with E-state index in [-0.39, 0.29) is 0 Å². The van der Waals surface area contributed by atoms with Gasteiger partial charge in [-0.25, -0.2) is 4.98 Å². The van der Waals surface area contributed by atoms with Crippen molar-refractivity contribution in [2.45, 2.75) is 13.0 Å². The number of anilines is 1. The molecule has 0 radical (unpaired) electrons. The lowest BCUT2D eigenvalue weighted by molar-refractivity contribution is 0.511. The Bertz CT molecular complexity index is 648. The van der Waals surface area contributed by atoms with Crippen molar-refractivity contribution in [3.05, 3.63) is 84.1 Å². The van der Waals surface area contributed by atoms with Gasteiger partial charge in [-0.1, -0.05) is 48.5 Å². The van der Waals surface area contributed by atoms with Gasteiger partial charge in [-0.15, -0.1) is 0 Å². The molecule has 2 aromatic carbocycles. The molecule has 0 atom stereocenters. The Morgan fingerprint density at radius 2 is 1.75 bits per heavy atom. The highest BCUT2D eigenvalue weighted by molar-refractivity contribution is 5.52. The summed E-state index contributed by atoms with van der Waals surface area (Å²) in [6.45, 7) is 0.645. The van der Waals surface area contributed by atoms with Crippen LogP contribution in [0.4, 0.5) is 5.69 Å². The predicted octanol–water partition coefficient (Wildman–Crippen LogP) is 3.88. The van der Waals surface area contributed by atoms with Crippen LogP contribution in [0.1, 0.15) is 16.9 Å². The summed E-state index contributed by atoms with van der Waals surface area (Å²) in [6, 6.07) is 18.8. The molecule has 3 heteroatoms. The number of oxazole rings is 1. The van der Waals surface area contributed by atoms with Crippen LogP contribution in [0.25, 0.3) is 0 Å². The van der Waals surface area contributed by atoms with Gasteiger partial charge >= 0.3 is 0 Å². The van der Waals surface area contributed by atoms with Gasteiger partial charge in [-0.2, -0.15) is 0 Å². The van der Waals surface area contributed by atoms with E-state index in [0.717, 1.165) is 17.9 Å². The maximum atomic E-state index is 5.24. The summed E-state index contributed by atoms with van der Waals surface area (Å²) in [4.78, 5) is 3.92. The Hall–Kier alpha value is -2.55. The van der Waals surface area contributed by atoms with Crippen LogP contribution >= 0.6 is 0 Å². The van der Waals surface area contributed by atoms with Gasteiger partial charge < -0.3 is 9.73 Å². The smallest absolute Gasteiger partial charge is 0.180 e. The molecule has 3 rings (SSSR count). The largest absolute Gasteiger partial charge is 0.447 e. The SMILES string of the molecule is c1ccc(Cc2ccccc2NCc2cnco2)cc1. The molecule has 0 spiro atoms. The van der Waals surface area contributed by atoms with Crippen molar-refractivity contribution in [1.82, 2.24) is 4.98 Å². The molecular weight excluding hydrogens is 248 g/mol. The molecular formula is C17H16N2O. The highest BCUT2D eigenvalue weighted by Gasteiger charge is 2.03. The second-order valence-electron chi connectivity index (χ2n) is 4.64. The minimum absolute atomic E-state index is 0.645. The Morgan fingerprint density at radius 1 is 0.950 bits per heavy atom. The number of hydrogen-bond acceptors (Lipinski definition) is 3. The highest BCUT2D eigenvalue weighted by atomic mass is 16.3. The van der Waals surface area contributed by atoms with Gasteiger partial charge in [0.05, 0.1) is 12.7 Å². The zero-order valence-electron chi connectivity index (χ0n) is 11.1. The maximum Gasteiger partial charge on any atom is 0.180 e. The fraction of sp³-hybridized carbons (Fsp3) is 0.118. The molecule has 1 heterocycles. The zero-order chi connectivity index (χ0) is 13.6. The molecule has 0 saturated carbocycles. The minimum atomic E-state index is 0.645. The van der Waals surface area contributed by atoms with E-state index < -0.39 is 0 Å². The fourth-order valence-corrected chi connectivity index (χ4v) is 2.17. The van der Waals surface area contributed by atoms with E-state index in [1.54, 1.807) is 6.20 Å². The summed E-state index contributed by atoms with van der Waals surface area (Å²) in [7, 11) is 0. The quantitative estimate of drug-likeness (QED) is 0.760. The summed E-state index contributed by atoms with van der Waals surface area (Å²) in [6.07, 6.45) is 4.10. The van der Waals surface area contributed by atoms with E-state index in [9.17, 15) is 0 Å². The maximum absolute atomic E-state index is 5.24. The number of rotatable bonds is 5. The first-order valence-corrected chi connectivity index (χ1v) is 6.65. The molecule has 100 valence electrons. The van der Waals surface area contributed by atoms with Crippen LogP contribution in [-0.2, 0) is 13.0 Å². The summed E-state index contributed by atoms with van der Waals surface area (Å²) < 4.78 is 5.24. The molecule has 0 saturated heterocycles. The molecule has 0 bridgehead atoms. The summed E-state index contributed by atoms with van der Waals surface area (Å²) in [5.41, 5.74) is 3.72. The van der Waals surface area contributed by atoms with Crippen molar-refractivity contribution < 1.29 is 4.42 Å². The second kappa shape index (κ2) is 6.06. The number of aromatic nitrogens is 1. The Morgan fingerprint density at radius 3 is 2.55 bits per heavy atom. The highest BCUT2D eigenvalue weighted by Crippen LogP contribution is 2.19. The molecule has 1 N–H and O–H groups in total. The van der Waals surface area contributed by atoms with Gasteiger partial charge in [-0.05, 0) is 23.6 Å². The average Bonchev–Trinajstić information content (AvgIpc) is 3.01. The Balaban J connectivity index is 1.74. The molecule has 1 aromatic heterocycles. The Labute approximate surface area is 118 Å². The van der Waals surface area contributed by atoms with E-state index in [4.69, 9.17) is 4.42 Å². The van der Waals surface area contributed by atoms with Crippen LogP contribution < -0.4 is 5.32 Å². The van der Waals surface area contributed by atoms with Gasteiger partial charge in [0.15, 0.2) is 6.39 Å². The van der Waals surface area contributed by atoms with Gasteiger partial charge in [0.1, 0.15) is 5.76 Å². The topological polar surface area (TPSA) is 38.1 Å². The van der Waals surface area contributed by atoms with Crippen LogP contribution in [0.2, 0.25) is 0 Å². The normalized spacial score (nSPS) is 10.4. The van der Waals surface area contributed by atoms with Crippen LogP contribution in [0.5, 0.6) is 0 Å². The van der Waals surface area contributed by atoms with Crippen LogP contribution in [-0.4, -0.2) is 4.98 Å². The zero-order valence-corrected chi connectivity index (χ0v) is 11.1. The van der Waals surface area contributed by atoms with E-state index >= 15 is 0 Å². The number of benzene rings is 2. The second-order valence-corrected chi connectivity index (χ2v) is 4.64. The van der Waals surface area contributed by atoms with Crippen molar-refractivity contribution in [2.75, 3.05) is 5.32 Å². The lowest BCUT2D eigenvalue weighted by Crippen LogP contribution is -2.02. The first-order valence-electron chi connectivity index (χ1n) is 6.65. The van der Waals surface area contributed by atoms with E-state index in [0.29, 0.717) is 6.54 Å². The summed E-state index contributed by atoms with van der Waals surface area (Å²) in [5, 5.41) is 3.40. The average molecular weight is 264 g/mol. The molecule has 3 aromatic rings. The van der Waals surface area contributed by atoms with Crippen LogP contribution in [0, 0.1) is 0 Å². The monoisotopic (exact) mass is 264 g/mol.